The normalized spacial score (nSPS) is 10.8. The van der Waals surface area contributed by atoms with Gasteiger partial charge in [0.2, 0.25) is 0 Å². The number of rotatable bonds is 9. The van der Waals surface area contributed by atoms with Gasteiger partial charge in [0, 0.05) is 23.7 Å². The lowest BCUT2D eigenvalue weighted by molar-refractivity contribution is 0.101. The van der Waals surface area contributed by atoms with E-state index in [9.17, 15) is 4.79 Å². The highest BCUT2D eigenvalue weighted by Crippen LogP contribution is 2.36. The third-order valence-corrected chi connectivity index (χ3v) is 5.38. The van der Waals surface area contributed by atoms with E-state index in [0.717, 1.165) is 5.39 Å². The van der Waals surface area contributed by atoms with Crippen molar-refractivity contribution < 1.29 is 28.2 Å². The molecule has 11 nitrogen and oxygen atoms in total. The molecule has 37 heavy (non-hydrogen) atoms. The second-order valence-electron chi connectivity index (χ2n) is 7.67. The smallest absolute Gasteiger partial charge is 0.281 e. The summed E-state index contributed by atoms with van der Waals surface area (Å²) >= 11 is 0. The predicted molar refractivity (Wildman–Crippen MR) is 134 cm³/mol. The quantitative estimate of drug-likeness (QED) is 0.301. The molecule has 4 heterocycles. The number of anilines is 1. The van der Waals surface area contributed by atoms with Crippen LogP contribution in [-0.4, -0.2) is 46.5 Å². The summed E-state index contributed by atoms with van der Waals surface area (Å²) in [6.07, 6.45) is 7.81. The van der Waals surface area contributed by atoms with Crippen molar-refractivity contribution in [1.29, 1.82) is 0 Å². The largest absolute Gasteiger partial charge is 0.493 e. The molecule has 188 valence electrons. The number of nitrogens with zero attached hydrogens (tertiary/aromatic N) is 4. The van der Waals surface area contributed by atoms with Gasteiger partial charge in [-0.3, -0.25) is 9.78 Å². The van der Waals surface area contributed by atoms with Gasteiger partial charge in [0.05, 0.1) is 45.0 Å². The van der Waals surface area contributed by atoms with Crippen molar-refractivity contribution in [3.05, 3.63) is 73.2 Å². The molecule has 5 aromatic rings. The van der Waals surface area contributed by atoms with Crippen molar-refractivity contribution in [1.82, 2.24) is 19.7 Å². The van der Waals surface area contributed by atoms with Crippen LogP contribution in [0.25, 0.3) is 16.6 Å². The van der Waals surface area contributed by atoms with Gasteiger partial charge >= 0.3 is 0 Å². The minimum atomic E-state index is -0.465. The molecule has 4 aromatic heterocycles. The van der Waals surface area contributed by atoms with E-state index in [1.807, 2.05) is 6.92 Å². The first-order chi connectivity index (χ1) is 18.1. The van der Waals surface area contributed by atoms with Crippen LogP contribution in [0.1, 0.15) is 17.4 Å². The Hall–Kier alpha value is -5.06. The maximum absolute atomic E-state index is 12.9. The molecule has 0 spiro atoms. The first-order valence-electron chi connectivity index (χ1n) is 11.3. The molecule has 0 saturated heterocycles. The topological polar surface area (TPSA) is 123 Å². The second-order valence-corrected chi connectivity index (χ2v) is 7.67. The molecule has 11 heteroatoms. The van der Waals surface area contributed by atoms with Crippen molar-refractivity contribution in [3.63, 3.8) is 0 Å². The summed E-state index contributed by atoms with van der Waals surface area (Å²) in [4.78, 5) is 21.6. The summed E-state index contributed by atoms with van der Waals surface area (Å²) in [5, 5.41) is 7.82. The zero-order valence-corrected chi connectivity index (χ0v) is 20.3. The Labute approximate surface area is 211 Å². The van der Waals surface area contributed by atoms with Crippen molar-refractivity contribution >= 4 is 22.6 Å². The van der Waals surface area contributed by atoms with Gasteiger partial charge in [0.25, 0.3) is 5.91 Å². The SMILES string of the molecule is CCOc1cn(-c2ccoc2)nc1C(=O)Nc1ccc(Oc2ccnc3cc(OC)c(OC)cc23)cn1. The number of fused-ring (bicyclic) bond motifs is 1. The third-order valence-electron chi connectivity index (χ3n) is 5.38. The van der Waals surface area contributed by atoms with E-state index >= 15 is 0 Å². The van der Waals surface area contributed by atoms with Crippen LogP contribution < -0.4 is 24.3 Å². The molecule has 1 aromatic carbocycles. The number of amides is 1. The number of hydrogen-bond donors (Lipinski definition) is 1. The van der Waals surface area contributed by atoms with Crippen LogP contribution in [0.15, 0.2) is 71.9 Å². The lowest BCUT2D eigenvalue weighted by Gasteiger charge is -2.12. The lowest BCUT2D eigenvalue weighted by atomic mass is 10.2. The number of carbonyl (C=O) groups excluding carboxylic acids is 1. The lowest BCUT2D eigenvalue weighted by Crippen LogP contribution is -2.15. The Bertz CT molecular complexity index is 1530. The fourth-order valence-corrected chi connectivity index (χ4v) is 3.65. The molecule has 0 bridgehead atoms. The van der Waals surface area contributed by atoms with E-state index in [2.05, 4.69) is 20.4 Å². The van der Waals surface area contributed by atoms with Crippen LogP contribution in [0.4, 0.5) is 5.82 Å². The number of ether oxygens (including phenoxy) is 4. The molecule has 0 radical (unpaired) electrons. The van der Waals surface area contributed by atoms with E-state index < -0.39 is 5.91 Å². The highest BCUT2D eigenvalue weighted by molar-refractivity contribution is 6.04. The third kappa shape index (κ3) is 4.87. The number of benzene rings is 1. The Kier molecular flexibility index (Phi) is 6.58. The second kappa shape index (κ2) is 10.3. The van der Waals surface area contributed by atoms with Crippen LogP contribution in [0.2, 0.25) is 0 Å². The van der Waals surface area contributed by atoms with E-state index in [0.29, 0.717) is 52.4 Å². The van der Waals surface area contributed by atoms with E-state index in [4.69, 9.17) is 23.4 Å². The maximum atomic E-state index is 12.9. The number of nitrogens with one attached hydrogen (secondary N) is 1. The van der Waals surface area contributed by atoms with Crippen molar-refractivity contribution in [2.24, 2.45) is 0 Å². The average molecular weight is 501 g/mol. The fraction of sp³-hybridized carbons (Fsp3) is 0.154. The standard InChI is InChI=1S/C26H23N5O6/c1-4-36-23-14-31(16-8-10-35-15-16)30-25(23)26(32)29-24-6-5-17(13-28-24)37-20-7-9-27-19-12-22(34-3)21(33-2)11-18(19)20/h5-15H,4H2,1-3H3,(H,28,29,32). The van der Waals surface area contributed by atoms with Gasteiger partial charge in [-0.2, -0.15) is 5.10 Å². The van der Waals surface area contributed by atoms with E-state index in [-0.39, 0.29) is 5.69 Å². The monoisotopic (exact) mass is 501 g/mol. The molecule has 0 atom stereocenters. The number of pyridine rings is 2. The molecule has 0 aliphatic carbocycles. The van der Waals surface area contributed by atoms with Gasteiger partial charge in [-0.25, -0.2) is 9.67 Å². The first-order valence-corrected chi connectivity index (χ1v) is 11.3. The number of carbonyl (C=O) groups is 1. The zero-order valence-electron chi connectivity index (χ0n) is 20.3. The number of methoxy groups -OCH3 is 2. The molecule has 1 amide bonds. The van der Waals surface area contributed by atoms with Crippen LogP contribution in [-0.2, 0) is 0 Å². The molecule has 0 aliphatic heterocycles. The zero-order chi connectivity index (χ0) is 25.8. The van der Waals surface area contributed by atoms with Crippen molar-refractivity contribution in [2.75, 3.05) is 26.1 Å². The van der Waals surface area contributed by atoms with Crippen LogP contribution in [0, 0.1) is 0 Å². The molecule has 0 unspecified atom stereocenters. The Morgan fingerprint density at radius 3 is 2.57 bits per heavy atom. The van der Waals surface area contributed by atoms with Gasteiger partial charge in [0.15, 0.2) is 22.9 Å². The summed E-state index contributed by atoms with van der Waals surface area (Å²) in [7, 11) is 3.13. The van der Waals surface area contributed by atoms with Crippen molar-refractivity contribution in [2.45, 2.75) is 6.92 Å². The van der Waals surface area contributed by atoms with Gasteiger partial charge < -0.3 is 28.7 Å². The van der Waals surface area contributed by atoms with E-state index in [1.165, 1.54) is 23.4 Å². The predicted octanol–water partition coefficient (Wildman–Crippen LogP) is 4.87. The molecule has 0 aliphatic rings. The van der Waals surface area contributed by atoms with Gasteiger partial charge in [-0.1, -0.05) is 0 Å². The number of furan rings is 1. The molecule has 0 fully saturated rings. The fourth-order valence-electron chi connectivity index (χ4n) is 3.65. The van der Waals surface area contributed by atoms with Crippen molar-refractivity contribution in [3.8, 4) is 34.4 Å². The summed E-state index contributed by atoms with van der Waals surface area (Å²) in [6, 6.07) is 10.4. The molecule has 0 saturated carbocycles. The number of aromatic nitrogens is 4. The van der Waals surface area contributed by atoms with Crippen LogP contribution in [0.5, 0.6) is 28.7 Å². The van der Waals surface area contributed by atoms with Gasteiger partial charge in [-0.15, -0.1) is 0 Å². The minimum Gasteiger partial charge on any atom is -0.493 e. The minimum absolute atomic E-state index is 0.123. The van der Waals surface area contributed by atoms with Crippen LogP contribution in [0.3, 0.4) is 0 Å². The summed E-state index contributed by atoms with van der Waals surface area (Å²) in [6.45, 7) is 2.21. The first kappa shape index (κ1) is 23.7. The number of hydrogen-bond acceptors (Lipinski definition) is 9. The molecular weight excluding hydrogens is 478 g/mol. The average Bonchev–Trinajstić information content (AvgIpc) is 3.60. The summed E-state index contributed by atoms with van der Waals surface area (Å²) < 4.78 is 29.0. The summed E-state index contributed by atoms with van der Waals surface area (Å²) in [5.74, 6) is 2.37. The Morgan fingerprint density at radius 2 is 1.86 bits per heavy atom. The Balaban J connectivity index is 1.34. The van der Waals surface area contributed by atoms with Gasteiger partial charge in [-0.05, 0) is 31.2 Å². The van der Waals surface area contributed by atoms with Gasteiger partial charge in [0.1, 0.15) is 29.3 Å². The van der Waals surface area contributed by atoms with Crippen LogP contribution >= 0.6 is 0 Å². The highest BCUT2D eigenvalue weighted by atomic mass is 16.5. The summed E-state index contributed by atoms with van der Waals surface area (Å²) in [5.41, 5.74) is 1.48. The van der Waals surface area contributed by atoms with E-state index in [1.54, 1.807) is 63.0 Å². The molecular formula is C26H23N5O6. The molecule has 1 N–H and O–H groups in total. The Morgan fingerprint density at radius 1 is 1.03 bits per heavy atom. The molecule has 5 rings (SSSR count). The maximum Gasteiger partial charge on any atom is 0.281 e. The highest BCUT2D eigenvalue weighted by Gasteiger charge is 2.20.